The predicted octanol–water partition coefficient (Wildman–Crippen LogP) is 14.7. The van der Waals surface area contributed by atoms with E-state index in [9.17, 15) is 0 Å². The van der Waals surface area contributed by atoms with E-state index in [2.05, 4.69) is 127 Å². The Kier molecular flexibility index (Phi) is 6.97. The molecule has 0 unspecified atom stereocenters. The van der Waals surface area contributed by atoms with Gasteiger partial charge in [-0.1, -0.05) is 170 Å². The Morgan fingerprint density at radius 3 is 1.43 bits per heavy atom. The monoisotopic (exact) mass is 803 g/mol. The fourth-order valence-electron chi connectivity index (χ4n) is 10.9. The third-order valence-electron chi connectivity index (χ3n) is 13.4. The largest absolute Gasteiger partial charge is 0.456 e. The number of para-hydroxylation sites is 1. The van der Waals surface area contributed by atoms with Crippen molar-refractivity contribution in [1.29, 1.82) is 0 Å². The molecule has 0 fully saturated rings. The third-order valence-corrected chi connectivity index (χ3v) is 13.4. The Bertz CT molecular complexity index is 3810. The summed E-state index contributed by atoms with van der Waals surface area (Å²) in [5, 5.41) is 3.95. The number of fused-ring (bicyclic) bond motifs is 16. The van der Waals surface area contributed by atoms with E-state index < -0.39 is 5.41 Å². The van der Waals surface area contributed by atoms with Gasteiger partial charge in [0.1, 0.15) is 22.3 Å². The normalized spacial score (nSPS) is 13.2. The lowest BCUT2D eigenvalue weighted by Crippen LogP contribution is -2.26. The third kappa shape index (κ3) is 4.68. The molecular formula is C58H33N3O2. The Morgan fingerprint density at radius 1 is 0.302 bits per heavy atom. The molecule has 2 aliphatic rings. The molecule has 5 heteroatoms. The number of hydrogen-bond donors (Lipinski definition) is 0. The number of hydrogen-bond acceptors (Lipinski definition) is 5. The maximum absolute atomic E-state index is 6.68. The van der Waals surface area contributed by atoms with Crippen molar-refractivity contribution in [3.63, 3.8) is 0 Å². The van der Waals surface area contributed by atoms with Crippen molar-refractivity contribution in [2.75, 3.05) is 0 Å². The van der Waals surface area contributed by atoms with Gasteiger partial charge < -0.3 is 8.83 Å². The molecule has 3 aromatic heterocycles. The quantitative estimate of drug-likeness (QED) is 0.177. The topological polar surface area (TPSA) is 65.0 Å². The lowest BCUT2D eigenvalue weighted by atomic mass is 9.68. The molecule has 1 spiro atoms. The molecule has 12 aromatic rings. The highest BCUT2D eigenvalue weighted by atomic mass is 16.3. The van der Waals surface area contributed by atoms with Gasteiger partial charge in [0.2, 0.25) is 0 Å². The van der Waals surface area contributed by atoms with Gasteiger partial charge in [-0.15, -0.1) is 0 Å². The minimum absolute atomic E-state index is 0.480. The molecule has 5 nitrogen and oxygen atoms in total. The molecule has 3 heterocycles. The summed E-state index contributed by atoms with van der Waals surface area (Å²) in [7, 11) is 0. The zero-order valence-electron chi connectivity index (χ0n) is 33.7. The first kappa shape index (κ1) is 34.3. The molecule has 9 aromatic carbocycles. The zero-order chi connectivity index (χ0) is 41.2. The molecular weight excluding hydrogens is 771 g/mol. The van der Waals surface area contributed by atoms with E-state index in [0.717, 1.165) is 66.1 Å². The van der Waals surface area contributed by atoms with E-state index >= 15 is 0 Å². The van der Waals surface area contributed by atoms with E-state index in [1.54, 1.807) is 0 Å². The molecule has 2 aliphatic carbocycles. The van der Waals surface area contributed by atoms with Crippen LogP contribution in [0.4, 0.5) is 0 Å². The Hall–Kier alpha value is -8.41. The number of furan rings is 2. The highest BCUT2D eigenvalue weighted by Crippen LogP contribution is 2.64. The maximum Gasteiger partial charge on any atom is 0.164 e. The van der Waals surface area contributed by atoms with Gasteiger partial charge in [-0.3, -0.25) is 0 Å². The first-order chi connectivity index (χ1) is 31.2. The van der Waals surface area contributed by atoms with Gasteiger partial charge in [-0.2, -0.15) is 0 Å². The predicted molar refractivity (Wildman–Crippen MR) is 252 cm³/mol. The second kappa shape index (κ2) is 12.8. The van der Waals surface area contributed by atoms with Crippen LogP contribution in [-0.2, 0) is 5.41 Å². The first-order valence-corrected chi connectivity index (χ1v) is 21.3. The van der Waals surface area contributed by atoms with Crippen molar-refractivity contribution in [2.45, 2.75) is 5.41 Å². The molecule has 0 aliphatic heterocycles. The van der Waals surface area contributed by atoms with E-state index in [-0.39, 0.29) is 0 Å². The van der Waals surface area contributed by atoms with Crippen LogP contribution in [0.1, 0.15) is 22.3 Å². The van der Waals surface area contributed by atoms with Gasteiger partial charge in [0.05, 0.1) is 5.41 Å². The zero-order valence-corrected chi connectivity index (χ0v) is 33.7. The summed E-state index contributed by atoms with van der Waals surface area (Å²) in [6.07, 6.45) is 0. The first-order valence-electron chi connectivity index (χ1n) is 21.3. The molecule has 0 amide bonds. The Labute approximate surface area is 361 Å². The van der Waals surface area contributed by atoms with E-state index in [1.807, 2.05) is 72.8 Å². The lowest BCUT2D eigenvalue weighted by Gasteiger charge is -2.32. The number of aromatic nitrogens is 3. The van der Waals surface area contributed by atoms with Crippen LogP contribution in [0.25, 0.3) is 111 Å². The van der Waals surface area contributed by atoms with Crippen molar-refractivity contribution < 1.29 is 8.83 Å². The lowest BCUT2D eigenvalue weighted by molar-refractivity contribution is 0.668. The summed E-state index contributed by atoms with van der Waals surface area (Å²) in [5.74, 6) is 1.73. The van der Waals surface area contributed by atoms with Gasteiger partial charge >= 0.3 is 0 Å². The van der Waals surface area contributed by atoms with Crippen molar-refractivity contribution in [2.24, 2.45) is 0 Å². The molecule has 0 saturated heterocycles. The van der Waals surface area contributed by atoms with Crippen LogP contribution < -0.4 is 0 Å². The summed E-state index contributed by atoms with van der Waals surface area (Å²) < 4.78 is 13.0. The second-order valence-electron chi connectivity index (χ2n) is 16.6. The van der Waals surface area contributed by atoms with Crippen molar-refractivity contribution in [3.05, 3.63) is 222 Å². The minimum atomic E-state index is -0.480. The van der Waals surface area contributed by atoms with E-state index in [4.69, 9.17) is 23.8 Å². The maximum atomic E-state index is 6.68. The molecule has 63 heavy (non-hydrogen) atoms. The van der Waals surface area contributed by atoms with E-state index in [0.29, 0.717) is 17.5 Å². The molecule has 292 valence electrons. The summed E-state index contributed by atoms with van der Waals surface area (Å²) >= 11 is 0. The van der Waals surface area contributed by atoms with Crippen LogP contribution in [0.5, 0.6) is 0 Å². The van der Waals surface area contributed by atoms with Crippen LogP contribution in [0, 0.1) is 0 Å². The molecule has 0 saturated carbocycles. The average molecular weight is 804 g/mol. The summed E-state index contributed by atoms with van der Waals surface area (Å²) in [5.41, 5.74) is 18.1. The van der Waals surface area contributed by atoms with Crippen molar-refractivity contribution >= 4 is 43.9 Å². The van der Waals surface area contributed by atoms with Gasteiger partial charge in [0.15, 0.2) is 17.5 Å². The number of benzene rings is 9. The molecule has 14 rings (SSSR count). The van der Waals surface area contributed by atoms with Crippen LogP contribution in [0.15, 0.2) is 209 Å². The van der Waals surface area contributed by atoms with Gasteiger partial charge in [0.25, 0.3) is 0 Å². The minimum Gasteiger partial charge on any atom is -0.456 e. The molecule has 0 N–H and O–H groups in total. The molecule has 0 atom stereocenters. The van der Waals surface area contributed by atoms with Crippen molar-refractivity contribution in [1.82, 2.24) is 15.0 Å². The number of rotatable bonds is 4. The second-order valence-corrected chi connectivity index (χ2v) is 16.6. The average Bonchev–Trinajstić information content (AvgIpc) is 4.09. The SMILES string of the molecule is c1ccc(-c2nc(-c3cccc4oc5ccccc5c34)nc(-c3cccc4oc5ccc(-c6cccc7c6C6(c8ccccc8-c8ccccc86)c6ccccc6-7)cc5c34)n2)cc1. The standard InChI is InChI=1S/C58H33N3O2/c1-2-15-34(16-3-1)55-59-56(42-23-13-29-50-52(42)41-20-7-11-28-48(41)62-50)61-57(60-55)43-24-14-30-51-53(43)44-33-35(31-32-49(44)63-51)36-21-12-22-40-39-19-6-10-27-47(39)58(54(36)40)45-25-8-4-17-37(45)38-18-5-9-26-46(38)58/h1-33H. The van der Waals surface area contributed by atoms with Gasteiger partial charge in [-0.05, 0) is 86.0 Å². The fraction of sp³-hybridized carbons (Fsp3) is 0.0172. The van der Waals surface area contributed by atoms with Crippen molar-refractivity contribution in [3.8, 4) is 67.5 Å². The smallest absolute Gasteiger partial charge is 0.164 e. The van der Waals surface area contributed by atoms with Crippen LogP contribution in [0.2, 0.25) is 0 Å². The summed E-state index contributed by atoms with van der Waals surface area (Å²) in [4.78, 5) is 15.7. The highest BCUT2D eigenvalue weighted by Gasteiger charge is 2.52. The Morgan fingerprint density at radius 2 is 0.762 bits per heavy atom. The van der Waals surface area contributed by atoms with Crippen LogP contribution >= 0.6 is 0 Å². The van der Waals surface area contributed by atoms with Gasteiger partial charge in [0, 0.05) is 38.2 Å². The fourth-order valence-corrected chi connectivity index (χ4v) is 10.9. The van der Waals surface area contributed by atoms with Crippen LogP contribution in [0.3, 0.4) is 0 Å². The van der Waals surface area contributed by atoms with Crippen LogP contribution in [-0.4, -0.2) is 15.0 Å². The van der Waals surface area contributed by atoms with Gasteiger partial charge in [-0.25, -0.2) is 15.0 Å². The Balaban J connectivity index is 1.01. The van der Waals surface area contributed by atoms with E-state index in [1.165, 1.54) is 50.1 Å². The molecule has 0 radical (unpaired) electrons. The summed E-state index contributed by atoms with van der Waals surface area (Å²) in [6.45, 7) is 0. The highest BCUT2D eigenvalue weighted by molar-refractivity contribution is 6.14. The summed E-state index contributed by atoms with van der Waals surface area (Å²) in [6, 6.07) is 70.9. The number of nitrogens with zero attached hydrogens (tertiary/aromatic N) is 3. The molecule has 0 bridgehead atoms.